The molecule has 0 bridgehead atoms. The Morgan fingerprint density at radius 1 is 1.26 bits per heavy atom. The number of nitrogens with zero attached hydrogens (tertiary/aromatic N) is 1. The summed E-state index contributed by atoms with van der Waals surface area (Å²) < 4.78 is 0. The van der Waals surface area contributed by atoms with Crippen molar-refractivity contribution in [2.45, 2.75) is 33.0 Å². The smallest absolute Gasteiger partial charge is 0.237 e. The van der Waals surface area contributed by atoms with E-state index in [0.29, 0.717) is 6.54 Å². The average molecular weight is 263 g/mol. The van der Waals surface area contributed by atoms with Gasteiger partial charge in [0, 0.05) is 13.1 Å². The van der Waals surface area contributed by atoms with Gasteiger partial charge in [-0.1, -0.05) is 38.1 Å². The molecule has 1 amide bonds. The van der Waals surface area contributed by atoms with Crippen LogP contribution in [0, 0.1) is 5.92 Å². The van der Waals surface area contributed by atoms with E-state index in [-0.39, 0.29) is 11.8 Å². The fourth-order valence-electron chi connectivity index (χ4n) is 1.83. The lowest BCUT2D eigenvalue weighted by Gasteiger charge is -2.17. The Balaban J connectivity index is 2.65. The molecule has 19 heavy (non-hydrogen) atoms. The van der Waals surface area contributed by atoms with Gasteiger partial charge in [0.05, 0.1) is 6.04 Å². The van der Waals surface area contributed by atoms with E-state index in [4.69, 9.17) is 5.73 Å². The molecule has 0 spiro atoms. The Labute approximate surface area is 116 Å². The van der Waals surface area contributed by atoms with Gasteiger partial charge in [-0.2, -0.15) is 0 Å². The molecule has 3 N–H and O–H groups in total. The van der Waals surface area contributed by atoms with Crippen molar-refractivity contribution in [2.24, 2.45) is 11.7 Å². The zero-order valence-electron chi connectivity index (χ0n) is 12.3. The molecule has 0 saturated carbocycles. The third kappa shape index (κ3) is 5.01. The molecule has 0 aliphatic heterocycles. The van der Waals surface area contributed by atoms with Crippen molar-refractivity contribution in [3.8, 4) is 0 Å². The molecule has 0 unspecified atom stereocenters. The van der Waals surface area contributed by atoms with E-state index < -0.39 is 6.04 Å². The molecule has 0 aliphatic rings. The van der Waals surface area contributed by atoms with E-state index in [1.54, 1.807) is 0 Å². The van der Waals surface area contributed by atoms with Gasteiger partial charge in [-0.05, 0) is 31.1 Å². The van der Waals surface area contributed by atoms with Crippen LogP contribution >= 0.6 is 0 Å². The first-order valence-electron chi connectivity index (χ1n) is 6.66. The second-order valence-electron chi connectivity index (χ2n) is 5.49. The number of carbonyl (C=O) groups is 1. The summed E-state index contributed by atoms with van der Waals surface area (Å²) in [7, 11) is 4.06. The third-order valence-electron chi connectivity index (χ3n) is 3.08. The molecule has 0 heterocycles. The largest absolute Gasteiger partial charge is 0.351 e. The summed E-state index contributed by atoms with van der Waals surface area (Å²) in [5.74, 6) is 0.0617. The average Bonchev–Trinajstić information content (AvgIpc) is 2.35. The summed E-state index contributed by atoms with van der Waals surface area (Å²) in [4.78, 5) is 14.0. The minimum Gasteiger partial charge on any atom is -0.351 e. The standard InChI is InChI=1S/C15H25N3O/c1-11(2)14(16)15(19)17-9-12-7-5-6-8-13(12)10-18(3)4/h5-8,11,14H,9-10,16H2,1-4H3,(H,17,19)/t14-/m0/s1. The normalized spacial score (nSPS) is 12.8. The Morgan fingerprint density at radius 2 is 1.84 bits per heavy atom. The van der Waals surface area contributed by atoms with Crippen LogP contribution in [0.25, 0.3) is 0 Å². The van der Waals surface area contributed by atoms with Gasteiger partial charge in [0.2, 0.25) is 5.91 Å². The lowest BCUT2D eigenvalue weighted by Crippen LogP contribution is -2.43. The van der Waals surface area contributed by atoms with E-state index >= 15 is 0 Å². The summed E-state index contributed by atoms with van der Waals surface area (Å²) >= 11 is 0. The molecule has 1 rings (SSSR count). The summed E-state index contributed by atoms with van der Waals surface area (Å²) in [5, 5.41) is 2.91. The summed E-state index contributed by atoms with van der Waals surface area (Å²) in [6, 6.07) is 7.69. The predicted octanol–water partition coefficient (Wildman–Crippen LogP) is 1.35. The maximum Gasteiger partial charge on any atom is 0.237 e. The molecule has 0 aromatic heterocycles. The first kappa shape index (κ1) is 15.7. The Morgan fingerprint density at radius 3 is 2.37 bits per heavy atom. The molecule has 0 radical (unpaired) electrons. The van der Waals surface area contributed by atoms with Crippen LogP contribution in [-0.4, -0.2) is 30.9 Å². The minimum atomic E-state index is -0.444. The van der Waals surface area contributed by atoms with Gasteiger partial charge in [0.25, 0.3) is 0 Å². The lowest BCUT2D eigenvalue weighted by atomic mass is 10.0. The monoisotopic (exact) mass is 263 g/mol. The van der Waals surface area contributed by atoms with Gasteiger partial charge in [0.1, 0.15) is 0 Å². The second kappa shape index (κ2) is 7.26. The van der Waals surface area contributed by atoms with Crippen molar-refractivity contribution in [2.75, 3.05) is 14.1 Å². The molecule has 4 nitrogen and oxygen atoms in total. The Hall–Kier alpha value is -1.39. The fraction of sp³-hybridized carbons (Fsp3) is 0.533. The molecular formula is C15H25N3O. The molecule has 4 heteroatoms. The summed E-state index contributed by atoms with van der Waals surface area (Å²) in [6.07, 6.45) is 0. The van der Waals surface area contributed by atoms with E-state index in [0.717, 1.165) is 12.1 Å². The van der Waals surface area contributed by atoms with E-state index in [2.05, 4.69) is 16.3 Å². The van der Waals surface area contributed by atoms with Crippen LogP contribution in [0.2, 0.25) is 0 Å². The first-order valence-corrected chi connectivity index (χ1v) is 6.66. The molecule has 1 atom stereocenters. The summed E-state index contributed by atoms with van der Waals surface area (Å²) in [5.41, 5.74) is 8.19. The number of rotatable bonds is 6. The Kier molecular flexibility index (Phi) is 5.99. The van der Waals surface area contributed by atoms with Gasteiger partial charge in [-0.25, -0.2) is 0 Å². The topological polar surface area (TPSA) is 58.4 Å². The molecule has 0 saturated heterocycles. The van der Waals surface area contributed by atoms with Crippen LogP contribution in [0.4, 0.5) is 0 Å². The molecule has 0 fully saturated rings. The van der Waals surface area contributed by atoms with E-state index in [1.165, 1.54) is 5.56 Å². The van der Waals surface area contributed by atoms with Crippen molar-refractivity contribution in [1.29, 1.82) is 0 Å². The van der Waals surface area contributed by atoms with Crippen LogP contribution in [0.15, 0.2) is 24.3 Å². The van der Waals surface area contributed by atoms with Crippen molar-refractivity contribution in [3.63, 3.8) is 0 Å². The van der Waals surface area contributed by atoms with Crippen molar-refractivity contribution >= 4 is 5.91 Å². The second-order valence-corrected chi connectivity index (χ2v) is 5.49. The number of hydrogen-bond donors (Lipinski definition) is 2. The maximum atomic E-state index is 11.8. The molecule has 1 aromatic rings. The van der Waals surface area contributed by atoms with Gasteiger partial charge in [0.15, 0.2) is 0 Å². The number of carbonyl (C=O) groups excluding carboxylic acids is 1. The third-order valence-corrected chi connectivity index (χ3v) is 3.08. The lowest BCUT2D eigenvalue weighted by molar-refractivity contribution is -0.123. The highest BCUT2D eigenvalue weighted by molar-refractivity contribution is 5.81. The van der Waals surface area contributed by atoms with Gasteiger partial charge in [-0.15, -0.1) is 0 Å². The van der Waals surface area contributed by atoms with E-state index in [1.807, 2.05) is 46.1 Å². The SMILES string of the molecule is CC(C)[C@H](N)C(=O)NCc1ccccc1CN(C)C. The van der Waals surface area contributed by atoms with Crippen LogP contribution in [0.5, 0.6) is 0 Å². The number of nitrogens with one attached hydrogen (secondary N) is 1. The van der Waals surface area contributed by atoms with Crippen molar-refractivity contribution in [1.82, 2.24) is 10.2 Å². The highest BCUT2D eigenvalue weighted by Crippen LogP contribution is 2.10. The fourth-order valence-corrected chi connectivity index (χ4v) is 1.83. The van der Waals surface area contributed by atoms with Crippen LogP contribution in [-0.2, 0) is 17.9 Å². The van der Waals surface area contributed by atoms with Crippen LogP contribution in [0.1, 0.15) is 25.0 Å². The zero-order chi connectivity index (χ0) is 14.4. The van der Waals surface area contributed by atoms with Crippen LogP contribution < -0.4 is 11.1 Å². The number of hydrogen-bond acceptors (Lipinski definition) is 3. The van der Waals surface area contributed by atoms with Gasteiger partial charge >= 0.3 is 0 Å². The maximum absolute atomic E-state index is 11.8. The first-order chi connectivity index (χ1) is 8.91. The minimum absolute atomic E-state index is 0.0883. The van der Waals surface area contributed by atoms with Crippen molar-refractivity contribution < 1.29 is 4.79 Å². The zero-order valence-corrected chi connectivity index (χ0v) is 12.3. The highest BCUT2D eigenvalue weighted by Gasteiger charge is 2.16. The predicted molar refractivity (Wildman–Crippen MR) is 78.5 cm³/mol. The van der Waals surface area contributed by atoms with Gasteiger partial charge < -0.3 is 16.0 Å². The number of amides is 1. The number of benzene rings is 1. The highest BCUT2D eigenvalue weighted by atomic mass is 16.2. The van der Waals surface area contributed by atoms with Crippen LogP contribution in [0.3, 0.4) is 0 Å². The van der Waals surface area contributed by atoms with E-state index in [9.17, 15) is 4.79 Å². The molecule has 1 aromatic carbocycles. The quantitative estimate of drug-likeness (QED) is 0.814. The summed E-state index contributed by atoms with van der Waals surface area (Å²) in [6.45, 7) is 5.29. The Bertz CT molecular complexity index is 416. The van der Waals surface area contributed by atoms with Crippen molar-refractivity contribution in [3.05, 3.63) is 35.4 Å². The molecule has 0 aliphatic carbocycles. The molecular weight excluding hydrogens is 238 g/mol. The molecule has 106 valence electrons. The van der Waals surface area contributed by atoms with Gasteiger partial charge in [-0.3, -0.25) is 4.79 Å². The number of nitrogens with two attached hydrogens (primary N) is 1.